The zero-order chi connectivity index (χ0) is 17.0. The van der Waals surface area contributed by atoms with Crippen LogP contribution < -0.4 is 19.5 Å². The Bertz CT molecular complexity index is 688. The van der Waals surface area contributed by atoms with Crippen molar-refractivity contribution in [3.05, 3.63) is 18.2 Å². The Morgan fingerprint density at radius 3 is 2.48 bits per heavy atom. The molecule has 0 aliphatic carbocycles. The zero-order valence-electron chi connectivity index (χ0n) is 13.7. The molecule has 0 aromatic heterocycles. The van der Waals surface area contributed by atoms with E-state index in [4.69, 9.17) is 9.47 Å². The van der Waals surface area contributed by atoms with Crippen molar-refractivity contribution >= 4 is 16.0 Å². The van der Waals surface area contributed by atoms with E-state index in [9.17, 15) is 8.42 Å². The second-order valence-corrected chi connectivity index (χ2v) is 6.97. The summed E-state index contributed by atoms with van der Waals surface area (Å²) in [6.45, 7) is 5.07. The first kappa shape index (κ1) is 17.4. The van der Waals surface area contributed by atoms with Crippen LogP contribution in [0.15, 0.2) is 28.1 Å². The smallest absolute Gasteiger partial charge is 0.264 e. The van der Waals surface area contributed by atoms with Gasteiger partial charge < -0.3 is 14.8 Å². The van der Waals surface area contributed by atoms with Crippen LogP contribution in [0.3, 0.4) is 0 Å². The van der Waals surface area contributed by atoms with E-state index in [1.165, 1.54) is 26.4 Å². The second-order valence-electron chi connectivity index (χ2n) is 5.29. The highest BCUT2D eigenvalue weighted by Gasteiger charge is 2.21. The Labute approximate surface area is 136 Å². The summed E-state index contributed by atoms with van der Waals surface area (Å²) in [4.78, 5) is 6.34. The van der Waals surface area contributed by atoms with Gasteiger partial charge in [-0.25, -0.2) is 18.1 Å². The highest BCUT2D eigenvalue weighted by atomic mass is 32.2. The molecule has 0 atom stereocenters. The molecule has 1 aliphatic heterocycles. The van der Waals surface area contributed by atoms with Gasteiger partial charge in [0.1, 0.15) is 0 Å². The van der Waals surface area contributed by atoms with Gasteiger partial charge in [0.25, 0.3) is 10.0 Å². The van der Waals surface area contributed by atoms with E-state index in [-0.39, 0.29) is 10.9 Å². The lowest BCUT2D eigenvalue weighted by Crippen LogP contribution is -2.51. The summed E-state index contributed by atoms with van der Waals surface area (Å²) in [6, 6.07) is 4.73. The van der Waals surface area contributed by atoms with Crippen LogP contribution in [0.1, 0.15) is 13.8 Å². The van der Waals surface area contributed by atoms with Crippen molar-refractivity contribution in [2.24, 2.45) is 4.99 Å². The fraction of sp³-hybridized carbons (Fsp3) is 0.500. The standard InChI is InChI=1S/C14H22N4O4S/c1-10(2)18-8-15-14(16-9-18)17-23(19,20)11-5-6-12(21-3)13(7-11)22-4/h5-7,10H,8-9H2,1-4H3,(H2,15,16,17). The van der Waals surface area contributed by atoms with Gasteiger partial charge in [-0.05, 0) is 26.0 Å². The predicted octanol–water partition coefficient (Wildman–Crippen LogP) is 0.567. The monoisotopic (exact) mass is 342 g/mol. The summed E-state index contributed by atoms with van der Waals surface area (Å²) in [5.41, 5.74) is 0. The maximum atomic E-state index is 12.4. The number of ether oxygens (including phenoxy) is 2. The Kier molecular flexibility index (Phi) is 5.32. The van der Waals surface area contributed by atoms with E-state index < -0.39 is 10.0 Å². The van der Waals surface area contributed by atoms with E-state index in [1.807, 2.05) is 0 Å². The van der Waals surface area contributed by atoms with Crippen LogP contribution in [-0.2, 0) is 10.0 Å². The Balaban J connectivity index is 2.17. The van der Waals surface area contributed by atoms with E-state index in [0.29, 0.717) is 30.9 Å². The van der Waals surface area contributed by atoms with Crippen molar-refractivity contribution < 1.29 is 17.9 Å². The molecular weight excluding hydrogens is 320 g/mol. The number of nitrogens with zero attached hydrogens (tertiary/aromatic N) is 2. The summed E-state index contributed by atoms with van der Waals surface area (Å²) < 4.78 is 37.6. The second kappa shape index (κ2) is 7.05. The molecule has 0 spiro atoms. The van der Waals surface area contributed by atoms with Gasteiger partial charge in [0.05, 0.1) is 32.5 Å². The third-order valence-electron chi connectivity index (χ3n) is 3.49. The molecule has 0 bridgehead atoms. The van der Waals surface area contributed by atoms with Gasteiger partial charge in [-0.2, -0.15) is 0 Å². The van der Waals surface area contributed by atoms with Crippen molar-refractivity contribution in [3.8, 4) is 11.5 Å². The lowest BCUT2D eigenvalue weighted by atomic mass is 10.3. The lowest BCUT2D eigenvalue weighted by molar-refractivity contribution is 0.213. The molecule has 23 heavy (non-hydrogen) atoms. The SMILES string of the molecule is COc1ccc(S(=O)(=O)NC2=NCN(C(C)C)CN2)cc1OC. The molecule has 0 saturated heterocycles. The Morgan fingerprint density at radius 1 is 1.26 bits per heavy atom. The third-order valence-corrected chi connectivity index (χ3v) is 4.82. The molecule has 8 nitrogen and oxygen atoms in total. The van der Waals surface area contributed by atoms with E-state index in [2.05, 4.69) is 33.8 Å². The van der Waals surface area contributed by atoms with Gasteiger partial charge >= 0.3 is 0 Å². The number of hydrogen-bond acceptors (Lipinski definition) is 7. The fourth-order valence-electron chi connectivity index (χ4n) is 2.03. The molecular formula is C14H22N4O4S. The first-order valence-corrected chi connectivity index (χ1v) is 8.63. The number of guanidine groups is 1. The third kappa shape index (κ3) is 4.05. The Morgan fingerprint density at radius 2 is 1.96 bits per heavy atom. The molecule has 0 radical (unpaired) electrons. The van der Waals surface area contributed by atoms with Crippen molar-refractivity contribution in [3.63, 3.8) is 0 Å². The van der Waals surface area contributed by atoms with Gasteiger partial charge in [-0.3, -0.25) is 4.90 Å². The van der Waals surface area contributed by atoms with Crippen LogP contribution in [0, 0.1) is 0 Å². The van der Waals surface area contributed by atoms with Crippen molar-refractivity contribution in [2.45, 2.75) is 24.8 Å². The summed E-state index contributed by atoms with van der Waals surface area (Å²) in [7, 11) is -0.808. The average molecular weight is 342 g/mol. The van der Waals surface area contributed by atoms with Crippen LogP contribution in [0.2, 0.25) is 0 Å². The molecule has 1 heterocycles. The fourth-order valence-corrected chi connectivity index (χ4v) is 3.05. The number of rotatable bonds is 5. The van der Waals surface area contributed by atoms with Gasteiger partial charge in [-0.1, -0.05) is 0 Å². The van der Waals surface area contributed by atoms with E-state index in [0.717, 1.165) is 0 Å². The molecule has 9 heteroatoms. The molecule has 1 aliphatic rings. The van der Waals surface area contributed by atoms with E-state index >= 15 is 0 Å². The minimum absolute atomic E-state index is 0.0749. The summed E-state index contributed by atoms with van der Waals surface area (Å²) >= 11 is 0. The Hall–Kier alpha value is -2.00. The highest BCUT2D eigenvalue weighted by Crippen LogP contribution is 2.29. The zero-order valence-corrected chi connectivity index (χ0v) is 14.5. The van der Waals surface area contributed by atoms with Crippen LogP contribution in [0.25, 0.3) is 0 Å². The van der Waals surface area contributed by atoms with Crippen LogP contribution in [0.4, 0.5) is 0 Å². The minimum atomic E-state index is -3.75. The molecule has 0 fully saturated rings. The topological polar surface area (TPSA) is 92.3 Å². The van der Waals surface area contributed by atoms with Crippen molar-refractivity contribution in [2.75, 3.05) is 27.6 Å². The molecule has 2 N–H and O–H groups in total. The molecule has 0 unspecified atom stereocenters. The van der Waals surface area contributed by atoms with E-state index in [1.54, 1.807) is 6.07 Å². The quantitative estimate of drug-likeness (QED) is 0.813. The molecule has 0 amide bonds. The number of hydrogen-bond donors (Lipinski definition) is 2. The molecule has 128 valence electrons. The number of sulfonamides is 1. The average Bonchev–Trinajstić information content (AvgIpc) is 2.54. The van der Waals surface area contributed by atoms with Gasteiger partial charge in [0.2, 0.25) is 5.96 Å². The number of aliphatic imine (C=N–C) groups is 1. The summed E-state index contributed by atoms with van der Waals surface area (Å²) in [5.74, 6) is 1.05. The molecule has 2 rings (SSSR count). The van der Waals surface area contributed by atoms with Gasteiger partial charge in [0, 0.05) is 12.1 Å². The first-order chi connectivity index (χ1) is 10.9. The predicted molar refractivity (Wildman–Crippen MR) is 87.1 cm³/mol. The minimum Gasteiger partial charge on any atom is -0.493 e. The van der Waals surface area contributed by atoms with Crippen LogP contribution in [-0.4, -0.2) is 52.9 Å². The number of nitrogens with one attached hydrogen (secondary N) is 2. The van der Waals surface area contributed by atoms with Gasteiger partial charge in [-0.15, -0.1) is 0 Å². The first-order valence-electron chi connectivity index (χ1n) is 7.14. The van der Waals surface area contributed by atoms with Crippen molar-refractivity contribution in [1.82, 2.24) is 14.9 Å². The highest BCUT2D eigenvalue weighted by molar-refractivity contribution is 7.90. The lowest BCUT2D eigenvalue weighted by Gasteiger charge is -2.29. The largest absolute Gasteiger partial charge is 0.493 e. The van der Waals surface area contributed by atoms with Crippen LogP contribution >= 0.6 is 0 Å². The number of methoxy groups -OCH3 is 2. The number of benzene rings is 1. The summed E-state index contributed by atoms with van der Waals surface area (Å²) in [6.07, 6.45) is 0. The van der Waals surface area contributed by atoms with Crippen molar-refractivity contribution in [1.29, 1.82) is 0 Å². The van der Waals surface area contributed by atoms with Crippen LogP contribution in [0.5, 0.6) is 11.5 Å². The normalized spacial score (nSPS) is 15.8. The van der Waals surface area contributed by atoms with Gasteiger partial charge in [0.15, 0.2) is 11.5 Å². The maximum absolute atomic E-state index is 12.4. The molecule has 1 aromatic carbocycles. The molecule has 0 saturated carbocycles. The summed E-state index contributed by atoms with van der Waals surface area (Å²) in [5, 5.41) is 2.96. The maximum Gasteiger partial charge on any atom is 0.264 e. The molecule has 1 aromatic rings.